The van der Waals surface area contributed by atoms with Crippen LogP contribution >= 0.6 is 34.7 Å². The van der Waals surface area contributed by atoms with Crippen molar-refractivity contribution in [3.63, 3.8) is 0 Å². The zero-order chi connectivity index (χ0) is 24.0. The molecule has 0 saturated heterocycles. The minimum Gasteiger partial charge on any atom is -0.368 e. The van der Waals surface area contributed by atoms with Crippen LogP contribution in [0.15, 0.2) is 73.9 Å². The smallest absolute Gasteiger partial charge is 0.324 e. The second kappa shape index (κ2) is 10.8. The molecular formula is C20H18ClN5O4S3. The van der Waals surface area contributed by atoms with Gasteiger partial charge in [0.25, 0.3) is 10.0 Å². The molecule has 0 saturated carbocycles. The van der Waals surface area contributed by atoms with Crippen LogP contribution in [0.25, 0.3) is 0 Å². The summed E-state index contributed by atoms with van der Waals surface area (Å²) in [7, 11) is -4.18. The van der Waals surface area contributed by atoms with E-state index in [1.54, 1.807) is 13.0 Å². The monoisotopic (exact) mass is 523 g/mol. The minimum atomic E-state index is -4.18. The number of nitrogens with two attached hydrogens (primary N) is 1. The molecule has 1 heterocycles. The van der Waals surface area contributed by atoms with E-state index >= 15 is 0 Å². The van der Waals surface area contributed by atoms with Crippen LogP contribution in [0, 0.1) is 17.0 Å². The molecule has 0 aliphatic heterocycles. The van der Waals surface area contributed by atoms with Crippen molar-refractivity contribution in [2.45, 2.75) is 22.5 Å². The number of nitrogens with zero attached hydrogens (tertiary/aromatic N) is 3. The van der Waals surface area contributed by atoms with E-state index in [1.165, 1.54) is 36.2 Å². The molecule has 1 aromatic heterocycles. The molecule has 3 rings (SSSR count). The highest BCUT2D eigenvalue weighted by atomic mass is 35.5. The highest BCUT2D eigenvalue weighted by molar-refractivity contribution is 7.99. The molecule has 3 aromatic rings. The van der Waals surface area contributed by atoms with Gasteiger partial charge in [-0.1, -0.05) is 53.3 Å². The molecule has 0 radical (unpaired) electrons. The Labute approximate surface area is 203 Å². The molecule has 33 heavy (non-hydrogen) atoms. The maximum atomic E-state index is 13.0. The van der Waals surface area contributed by atoms with Gasteiger partial charge >= 0.3 is 5.00 Å². The zero-order valence-corrected chi connectivity index (χ0v) is 20.3. The molecule has 9 nitrogen and oxygen atoms in total. The molecule has 0 spiro atoms. The minimum absolute atomic E-state index is 0.0204. The van der Waals surface area contributed by atoms with Crippen LogP contribution in [0.3, 0.4) is 0 Å². The number of thioether (sulfide) groups is 1. The van der Waals surface area contributed by atoms with Crippen molar-refractivity contribution in [1.82, 2.24) is 5.43 Å². The van der Waals surface area contributed by atoms with Gasteiger partial charge in [0.05, 0.1) is 16.0 Å². The van der Waals surface area contributed by atoms with Crippen LogP contribution in [-0.2, 0) is 15.8 Å². The predicted molar refractivity (Wildman–Crippen MR) is 133 cm³/mol. The van der Waals surface area contributed by atoms with Crippen LogP contribution in [0.1, 0.15) is 16.0 Å². The van der Waals surface area contributed by atoms with E-state index in [0.29, 0.717) is 26.1 Å². The van der Waals surface area contributed by atoms with Gasteiger partial charge in [-0.25, -0.2) is 5.43 Å². The highest BCUT2D eigenvalue weighted by Gasteiger charge is 2.21. The number of benzene rings is 2. The maximum Gasteiger partial charge on any atom is 0.324 e. The van der Waals surface area contributed by atoms with Crippen molar-refractivity contribution in [1.29, 1.82) is 0 Å². The third-order valence-electron chi connectivity index (χ3n) is 4.12. The SMILES string of the molecule is Cc1cc(S(=O)(=O)/N=C(/N)N/N=C/c2ccc([N+](=O)[O-])s2)c(SCc2ccccc2)cc1Cl. The van der Waals surface area contributed by atoms with Gasteiger partial charge in [0, 0.05) is 21.7 Å². The summed E-state index contributed by atoms with van der Waals surface area (Å²) in [4.78, 5) is 11.1. The Balaban J connectivity index is 1.79. The summed E-state index contributed by atoms with van der Waals surface area (Å²) in [6, 6.07) is 15.5. The number of hydrazone groups is 1. The molecule has 0 bridgehead atoms. The number of hydrogen-bond acceptors (Lipinski definition) is 7. The molecule has 0 atom stereocenters. The Morgan fingerprint density at radius 3 is 2.67 bits per heavy atom. The van der Waals surface area contributed by atoms with Crippen molar-refractivity contribution in [2.75, 3.05) is 0 Å². The second-order valence-corrected chi connectivity index (χ2v) is 10.7. The van der Waals surface area contributed by atoms with Gasteiger partial charge < -0.3 is 5.73 Å². The molecule has 2 aromatic carbocycles. The number of rotatable bonds is 8. The van der Waals surface area contributed by atoms with Crippen LogP contribution in [-0.4, -0.2) is 25.5 Å². The lowest BCUT2D eigenvalue weighted by Gasteiger charge is -2.11. The maximum absolute atomic E-state index is 13.0. The number of halogens is 1. The Morgan fingerprint density at radius 1 is 1.27 bits per heavy atom. The van der Waals surface area contributed by atoms with Crippen molar-refractivity contribution in [3.05, 3.63) is 85.7 Å². The van der Waals surface area contributed by atoms with Gasteiger partial charge in [0.1, 0.15) is 4.90 Å². The van der Waals surface area contributed by atoms with E-state index in [9.17, 15) is 18.5 Å². The summed E-state index contributed by atoms with van der Waals surface area (Å²) in [5.41, 5.74) is 9.63. The fourth-order valence-electron chi connectivity index (χ4n) is 2.56. The summed E-state index contributed by atoms with van der Waals surface area (Å²) in [6.45, 7) is 1.70. The lowest BCUT2D eigenvalue weighted by Crippen LogP contribution is -2.28. The number of hydrogen-bond donors (Lipinski definition) is 2. The van der Waals surface area contributed by atoms with E-state index in [1.807, 2.05) is 30.3 Å². The van der Waals surface area contributed by atoms with Crippen LogP contribution in [0.4, 0.5) is 5.00 Å². The van der Waals surface area contributed by atoms with Crippen LogP contribution in [0.2, 0.25) is 5.02 Å². The molecule has 0 aliphatic carbocycles. The van der Waals surface area contributed by atoms with Crippen molar-refractivity contribution in [2.24, 2.45) is 15.2 Å². The zero-order valence-electron chi connectivity index (χ0n) is 17.1. The topological polar surface area (TPSA) is 140 Å². The third kappa shape index (κ3) is 6.78. The summed E-state index contributed by atoms with van der Waals surface area (Å²) in [5.74, 6) is 0.0844. The third-order valence-corrected chi connectivity index (χ3v) is 8.09. The first-order valence-electron chi connectivity index (χ1n) is 9.26. The summed E-state index contributed by atoms with van der Waals surface area (Å²) in [6.07, 6.45) is 1.28. The Hall–Kier alpha value is -2.93. The fraction of sp³-hybridized carbons (Fsp3) is 0.100. The average Bonchev–Trinajstić information content (AvgIpc) is 3.24. The number of sulfonamides is 1. The molecule has 0 aliphatic rings. The highest BCUT2D eigenvalue weighted by Crippen LogP contribution is 2.34. The number of thiophene rings is 1. The van der Waals surface area contributed by atoms with E-state index in [0.717, 1.165) is 16.9 Å². The van der Waals surface area contributed by atoms with Crippen molar-refractivity contribution in [3.8, 4) is 0 Å². The summed E-state index contributed by atoms with van der Waals surface area (Å²) < 4.78 is 29.5. The van der Waals surface area contributed by atoms with Crippen LogP contribution in [0.5, 0.6) is 0 Å². The molecule has 0 fully saturated rings. The molecule has 3 N–H and O–H groups in total. The quantitative estimate of drug-likeness (QED) is 0.145. The first-order valence-corrected chi connectivity index (χ1v) is 12.9. The van der Waals surface area contributed by atoms with Gasteiger partial charge in [-0.3, -0.25) is 10.1 Å². The number of nitrogens with one attached hydrogen (secondary N) is 1. The van der Waals surface area contributed by atoms with Gasteiger partial charge in [0.15, 0.2) is 0 Å². The Morgan fingerprint density at radius 2 is 2.00 bits per heavy atom. The lowest BCUT2D eigenvalue weighted by molar-refractivity contribution is -0.380. The number of nitro groups is 1. The standard InChI is InChI=1S/C20H18ClN5O4S3/c1-13-9-18(17(10-16(13)21)31-12-14-5-3-2-4-6-14)33(29,30)25-20(22)24-23-11-15-7-8-19(32-15)26(27)28/h2-11H,12H2,1H3,(H3,22,24,25)/b23-11+. The summed E-state index contributed by atoms with van der Waals surface area (Å²) in [5, 5.41) is 14.9. The fourth-order valence-corrected chi connectivity index (χ4v) is 5.93. The van der Waals surface area contributed by atoms with E-state index in [-0.39, 0.29) is 9.90 Å². The predicted octanol–water partition coefficient (Wildman–Crippen LogP) is 4.54. The molecular weight excluding hydrogens is 506 g/mol. The van der Waals surface area contributed by atoms with Crippen LogP contribution < -0.4 is 11.2 Å². The normalized spacial score (nSPS) is 12.2. The van der Waals surface area contributed by atoms with Crippen molar-refractivity contribution < 1.29 is 13.3 Å². The van der Waals surface area contributed by atoms with Gasteiger partial charge in [-0.2, -0.15) is 13.5 Å². The Bertz CT molecular complexity index is 1320. The summed E-state index contributed by atoms with van der Waals surface area (Å²) >= 11 is 8.46. The van der Waals surface area contributed by atoms with Crippen molar-refractivity contribution >= 4 is 61.9 Å². The molecule has 0 unspecified atom stereocenters. The first kappa shape index (κ1) is 24.7. The Kier molecular flexibility index (Phi) is 8.08. The lowest BCUT2D eigenvalue weighted by atomic mass is 10.2. The van der Waals surface area contributed by atoms with E-state index < -0.39 is 20.9 Å². The van der Waals surface area contributed by atoms with E-state index in [4.69, 9.17) is 17.3 Å². The van der Waals surface area contributed by atoms with Gasteiger partial charge in [-0.05, 0) is 36.2 Å². The largest absolute Gasteiger partial charge is 0.368 e. The molecule has 172 valence electrons. The second-order valence-electron chi connectivity index (χ2n) is 6.58. The average molecular weight is 524 g/mol. The number of aryl methyl sites for hydroxylation is 1. The molecule has 13 heteroatoms. The number of guanidine groups is 1. The first-order chi connectivity index (χ1) is 15.7. The van der Waals surface area contributed by atoms with Gasteiger partial charge in [0.2, 0.25) is 5.96 Å². The van der Waals surface area contributed by atoms with Gasteiger partial charge in [-0.15, -0.1) is 16.2 Å². The molecule has 0 amide bonds. The van der Waals surface area contributed by atoms with E-state index in [2.05, 4.69) is 14.9 Å².